The molecule has 1 aromatic rings. The van der Waals surface area contributed by atoms with E-state index in [9.17, 15) is 0 Å². The van der Waals surface area contributed by atoms with Crippen molar-refractivity contribution in [2.75, 3.05) is 18.5 Å². The minimum absolute atomic E-state index is 0.281. The maximum atomic E-state index is 8.96. The Morgan fingerprint density at radius 2 is 2.05 bits per heavy atom. The van der Waals surface area contributed by atoms with Gasteiger partial charge in [0.25, 0.3) is 0 Å². The molecule has 1 saturated heterocycles. The van der Waals surface area contributed by atoms with Crippen molar-refractivity contribution in [2.24, 2.45) is 0 Å². The van der Waals surface area contributed by atoms with Crippen LogP contribution in [0.5, 0.6) is 0 Å². The Balaban J connectivity index is 1.95. The molecular weight excluding hydrogens is 250 g/mol. The number of aryl methyl sites for hydroxylation is 1. The van der Waals surface area contributed by atoms with Gasteiger partial charge in [-0.25, -0.2) is 0 Å². The molecule has 1 heterocycles. The van der Waals surface area contributed by atoms with E-state index in [2.05, 4.69) is 36.5 Å². The number of hydrogen-bond acceptors (Lipinski definition) is 3. The molecule has 2 atom stereocenters. The molecule has 20 heavy (non-hydrogen) atoms. The van der Waals surface area contributed by atoms with Crippen molar-refractivity contribution in [2.45, 2.75) is 57.6 Å². The Labute approximate surface area is 122 Å². The molecule has 1 aromatic carbocycles. The van der Waals surface area contributed by atoms with Gasteiger partial charge in [0.2, 0.25) is 0 Å². The zero-order valence-electron chi connectivity index (χ0n) is 12.5. The molecular formula is C17H27NO2. The Hall–Kier alpha value is -1.06. The molecule has 0 aliphatic carbocycles. The maximum Gasteiger partial charge on any atom is 0.0776 e. The van der Waals surface area contributed by atoms with E-state index in [1.807, 2.05) is 0 Å². The van der Waals surface area contributed by atoms with E-state index < -0.39 is 0 Å². The smallest absolute Gasteiger partial charge is 0.0776 e. The molecule has 3 nitrogen and oxygen atoms in total. The van der Waals surface area contributed by atoms with E-state index in [0.717, 1.165) is 32.3 Å². The van der Waals surface area contributed by atoms with Crippen LogP contribution in [0.2, 0.25) is 0 Å². The van der Waals surface area contributed by atoms with Crippen LogP contribution < -0.4 is 5.32 Å². The lowest BCUT2D eigenvalue weighted by molar-refractivity contribution is 0.00261. The molecule has 2 unspecified atom stereocenters. The molecule has 1 fully saturated rings. The first kappa shape index (κ1) is 15.3. The van der Waals surface area contributed by atoms with Crippen molar-refractivity contribution in [3.63, 3.8) is 0 Å². The van der Waals surface area contributed by atoms with Crippen LogP contribution in [0.25, 0.3) is 0 Å². The Morgan fingerprint density at radius 3 is 2.70 bits per heavy atom. The molecule has 2 N–H and O–H groups in total. The first-order valence-electron chi connectivity index (χ1n) is 7.85. The average Bonchev–Trinajstić information content (AvgIpc) is 2.49. The number of ether oxygens (including phenoxy) is 1. The second-order valence-corrected chi connectivity index (χ2v) is 5.74. The van der Waals surface area contributed by atoms with Crippen LogP contribution in [0.1, 0.15) is 44.1 Å². The third kappa shape index (κ3) is 4.80. The van der Waals surface area contributed by atoms with Gasteiger partial charge in [-0.1, -0.05) is 17.7 Å². The van der Waals surface area contributed by atoms with Crippen molar-refractivity contribution in [1.29, 1.82) is 0 Å². The van der Waals surface area contributed by atoms with E-state index in [1.165, 1.54) is 24.1 Å². The minimum Gasteiger partial charge on any atom is -0.396 e. The predicted molar refractivity (Wildman–Crippen MR) is 83.1 cm³/mol. The van der Waals surface area contributed by atoms with Crippen molar-refractivity contribution in [3.05, 3.63) is 29.8 Å². The summed E-state index contributed by atoms with van der Waals surface area (Å²) in [4.78, 5) is 0. The second-order valence-electron chi connectivity index (χ2n) is 5.74. The van der Waals surface area contributed by atoms with Gasteiger partial charge in [0, 0.05) is 18.9 Å². The number of hydrogen-bond donors (Lipinski definition) is 2. The highest BCUT2D eigenvalue weighted by Crippen LogP contribution is 2.22. The molecule has 1 aliphatic rings. The van der Waals surface area contributed by atoms with Crippen LogP contribution in [0.3, 0.4) is 0 Å². The lowest BCUT2D eigenvalue weighted by Gasteiger charge is -2.32. The summed E-state index contributed by atoms with van der Waals surface area (Å²) in [6.07, 6.45) is 6.87. The Kier molecular flexibility index (Phi) is 6.34. The van der Waals surface area contributed by atoms with Crippen molar-refractivity contribution >= 4 is 5.69 Å². The quantitative estimate of drug-likeness (QED) is 0.749. The molecule has 0 bridgehead atoms. The van der Waals surface area contributed by atoms with E-state index >= 15 is 0 Å². The Bertz CT molecular complexity index is 371. The highest BCUT2D eigenvalue weighted by molar-refractivity contribution is 5.45. The molecule has 3 heteroatoms. The normalized spacial score (nSPS) is 20.6. The Morgan fingerprint density at radius 1 is 1.25 bits per heavy atom. The third-order valence-corrected chi connectivity index (χ3v) is 3.99. The summed E-state index contributed by atoms with van der Waals surface area (Å²) in [6, 6.07) is 8.89. The molecule has 0 radical (unpaired) electrons. The fraction of sp³-hybridized carbons (Fsp3) is 0.647. The largest absolute Gasteiger partial charge is 0.396 e. The number of unbranched alkanes of at least 4 members (excludes halogenated alkanes) is 1. The zero-order valence-corrected chi connectivity index (χ0v) is 12.5. The molecule has 0 spiro atoms. The minimum atomic E-state index is 0.281. The fourth-order valence-electron chi connectivity index (χ4n) is 2.77. The SMILES string of the molecule is Cc1ccc(NC(CCCCO)C2CCCCO2)cc1. The summed E-state index contributed by atoms with van der Waals surface area (Å²) in [6.45, 7) is 3.27. The van der Waals surface area contributed by atoms with Gasteiger partial charge in [-0.15, -0.1) is 0 Å². The third-order valence-electron chi connectivity index (χ3n) is 3.99. The van der Waals surface area contributed by atoms with Crippen LogP contribution in [0.15, 0.2) is 24.3 Å². The van der Waals surface area contributed by atoms with Gasteiger partial charge in [-0.05, 0) is 57.6 Å². The van der Waals surface area contributed by atoms with Crippen LogP contribution >= 0.6 is 0 Å². The highest BCUT2D eigenvalue weighted by atomic mass is 16.5. The van der Waals surface area contributed by atoms with Gasteiger partial charge in [0.15, 0.2) is 0 Å². The van der Waals surface area contributed by atoms with Crippen molar-refractivity contribution in [1.82, 2.24) is 0 Å². The van der Waals surface area contributed by atoms with E-state index in [-0.39, 0.29) is 6.61 Å². The van der Waals surface area contributed by atoms with Crippen LogP contribution in [-0.4, -0.2) is 30.5 Å². The number of anilines is 1. The number of benzene rings is 1. The lowest BCUT2D eigenvalue weighted by atomic mass is 9.97. The maximum absolute atomic E-state index is 8.96. The molecule has 2 rings (SSSR count). The summed E-state index contributed by atoms with van der Waals surface area (Å²) >= 11 is 0. The topological polar surface area (TPSA) is 41.5 Å². The first-order chi connectivity index (χ1) is 9.79. The summed E-state index contributed by atoms with van der Waals surface area (Å²) in [5, 5.41) is 12.6. The predicted octanol–water partition coefficient (Wildman–Crippen LogP) is 3.51. The van der Waals surface area contributed by atoms with Gasteiger partial charge in [0.05, 0.1) is 12.1 Å². The molecule has 0 aromatic heterocycles. The number of aliphatic hydroxyl groups is 1. The number of aliphatic hydroxyl groups excluding tert-OH is 1. The van der Waals surface area contributed by atoms with Crippen LogP contribution in [-0.2, 0) is 4.74 Å². The fourth-order valence-corrected chi connectivity index (χ4v) is 2.77. The highest BCUT2D eigenvalue weighted by Gasteiger charge is 2.24. The summed E-state index contributed by atoms with van der Waals surface area (Å²) in [7, 11) is 0. The average molecular weight is 277 g/mol. The molecule has 112 valence electrons. The molecule has 0 saturated carbocycles. The van der Waals surface area contributed by atoms with Crippen LogP contribution in [0, 0.1) is 6.92 Å². The van der Waals surface area contributed by atoms with Crippen LogP contribution in [0.4, 0.5) is 5.69 Å². The molecule has 0 amide bonds. The first-order valence-corrected chi connectivity index (χ1v) is 7.85. The van der Waals surface area contributed by atoms with Crippen molar-refractivity contribution in [3.8, 4) is 0 Å². The monoisotopic (exact) mass is 277 g/mol. The van der Waals surface area contributed by atoms with E-state index in [0.29, 0.717) is 12.1 Å². The summed E-state index contributed by atoms with van der Waals surface area (Å²) < 4.78 is 5.94. The van der Waals surface area contributed by atoms with Gasteiger partial charge >= 0.3 is 0 Å². The summed E-state index contributed by atoms with van der Waals surface area (Å²) in [5.41, 5.74) is 2.44. The number of nitrogens with one attached hydrogen (secondary N) is 1. The van der Waals surface area contributed by atoms with Gasteiger partial charge in [0.1, 0.15) is 0 Å². The van der Waals surface area contributed by atoms with Crippen molar-refractivity contribution < 1.29 is 9.84 Å². The standard InChI is InChI=1S/C17H27NO2/c1-14-8-10-15(11-9-14)18-16(6-2-4-12-19)17-7-3-5-13-20-17/h8-11,16-19H,2-7,12-13H2,1H3. The van der Waals surface area contributed by atoms with Gasteiger partial charge in [-0.2, -0.15) is 0 Å². The molecule has 1 aliphatic heterocycles. The van der Waals surface area contributed by atoms with E-state index in [1.54, 1.807) is 0 Å². The zero-order chi connectivity index (χ0) is 14.2. The van der Waals surface area contributed by atoms with Gasteiger partial charge in [-0.3, -0.25) is 0 Å². The summed E-state index contributed by atoms with van der Waals surface area (Å²) in [5.74, 6) is 0. The second kappa shape index (κ2) is 8.28. The lowest BCUT2D eigenvalue weighted by Crippen LogP contribution is -2.38. The van der Waals surface area contributed by atoms with Gasteiger partial charge < -0.3 is 15.2 Å². The van der Waals surface area contributed by atoms with E-state index in [4.69, 9.17) is 9.84 Å². The number of rotatable bonds is 7.